The number of amides is 3. The first-order chi connectivity index (χ1) is 15.3. The second-order valence-electron chi connectivity index (χ2n) is 8.30. The van der Waals surface area contributed by atoms with Crippen LogP contribution in [-0.4, -0.2) is 47.8 Å². The molecule has 1 aliphatic carbocycles. The zero-order valence-corrected chi connectivity index (χ0v) is 18.8. The van der Waals surface area contributed by atoms with Gasteiger partial charge < -0.3 is 20.3 Å². The number of carbonyl (C=O) groups is 4. The number of fused-ring (bicyclic) bond motifs is 1. The van der Waals surface area contributed by atoms with Crippen LogP contribution in [0.4, 0.5) is 0 Å². The Morgan fingerprint density at radius 3 is 2.62 bits per heavy atom. The Labute approximate surface area is 188 Å². The molecule has 8 heteroatoms. The monoisotopic (exact) mass is 441 g/mol. The van der Waals surface area contributed by atoms with Gasteiger partial charge in [-0.25, -0.2) is 0 Å². The van der Waals surface area contributed by atoms with E-state index in [0.29, 0.717) is 12.1 Å². The molecule has 3 amide bonds. The van der Waals surface area contributed by atoms with E-state index in [0.717, 1.165) is 18.4 Å². The Bertz CT molecular complexity index is 913. The standard InChI is InChI=1S/C24H31N3O5/c1-4-32-21(29)15-25-23(31)24-13-9-8-12-20(24)27(16(2)18-10-6-5-7-11-18)22(30)19(14-24)26-17(3)28/h5-7,10-12,16,19H,4,8-9,13-15H2,1-3H3,(H,25,31)(H,26,28)/t16-,19?,24+/m1/s1. The number of hydrogen-bond donors (Lipinski definition) is 2. The molecule has 3 rings (SSSR count). The minimum absolute atomic E-state index is 0.157. The molecule has 2 aliphatic rings. The van der Waals surface area contributed by atoms with Crippen molar-refractivity contribution in [2.75, 3.05) is 13.2 Å². The molecule has 1 aromatic rings. The van der Waals surface area contributed by atoms with Gasteiger partial charge in [0.2, 0.25) is 17.7 Å². The minimum Gasteiger partial charge on any atom is -0.465 e. The second-order valence-corrected chi connectivity index (χ2v) is 8.30. The van der Waals surface area contributed by atoms with Gasteiger partial charge in [-0.1, -0.05) is 36.4 Å². The summed E-state index contributed by atoms with van der Waals surface area (Å²) in [6.07, 6.45) is 4.15. The molecule has 172 valence electrons. The van der Waals surface area contributed by atoms with E-state index in [-0.39, 0.29) is 43.3 Å². The van der Waals surface area contributed by atoms with Crippen molar-refractivity contribution in [1.82, 2.24) is 15.5 Å². The molecule has 0 radical (unpaired) electrons. The maximum absolute atomic E-state index is 13.5. The summed E-state index contributed by atoms with van der Waals surface area (Å²) in [5, 5.41) is 5.45. The summed E-state index contributed by atoms with van der Waals surface area (Å²) in [5.41, 5.74) is 0.555. The van der Waals surface area contributed by atoms with Crippen LogP contribution < -0.4 is 10.6 Å². The van der Waals surface area contributed by atoms with Crippen molar-refractivity contribution in [2.45, 2.75) is 58.5 Å². The van der Waals surface area contributed by atoms with Crippen LogP contribution in [0.2, 0.25) is 0 Å². The van der Waals surface area contributed by atoms with Crippen molar-refractivity contribution in [3.63, 3.8) is 0 Å². The van der Waals surface area contributed by atoms with Crippen LogP contribution in [0, 0.1) is 5.41 Å². The molecule has 1 aromatic carbocycles. The molecule has 8 nitrogen and oxygen atoms in total. The number of allylic oxidation sites excluding steroid dienone is 1. The van der Waals surface area contributed by atoms with Gasteiger partial charge in [0.25, 0.3) is 0 Å². The maximum Gasteiger partial charge on any atom is 0.325 e. The van der Waals surface area contributed by atoms with Crippen molar-refractivity contribution >= 4 is 23.7 Å². The second kappa shape index (κ2) is 9.97. The number of hydrogen-bond acceptors (Lipinski definition) is 5. The molecule has 0 aromatic heterocycles. The van der Waals surface area contributed by atoms with Gasteiger partial charge >= 0.3 is 5.97 Å². The highest BCUT2D eigenvalue weighted by atomic mass is 16.5. The number of ether oxygens (including phenoxy) is 1. The summed E-state index contributed by atoms with van der Waals surface area (Å²) in [4.78, 5) is 52.4. The van der Waals surface area contributed by atoms with E-state index in [1.807, 2.05) is 43.3 Å². The van der Waals surface area contributed by atoms with Crippen LogP contribution in [0.3, 0.4) is 0 Å². The van der Waals surface area contributed by atoms with E-state index in [9.17, 15) is 19.2 Å². The zero-order valence-electron chi connectivity index (χ0n) is 18.8. The summed E-state index contributed by atoms with van der Waals surface area (Å²) >= 11 is 0. The number of esters is 1. The molecule has 0 bridgehead atoms. The summed E-state index contributed by atoms with van der Waals surface area (Å²) < 4.78 is 4.93. The SMILES string of the molecule is CCOC(=O)CNC(=O)[C@]12CCCC=C1N([C@H](C)c1ccccc1)C(=O)C(NC(C)=O)C2. The lowest BCUT2D eigenvalue weighted by Crippen LogP contribution is -2.62. The molecule has 1 aliphatic heterocycles. The van der Waals surface area contributed by atoms with Crippen LogP contribution in [0.25, 0.3) is 0 Å². The highest BCUT2D eigenvalue weighted by Gasteiger charge is 2.54. The molecule has 0 spiro atoms. The molecule has 3 atom stereocenters. The van der Waals surface area contributed by atoms with E-state index in [2.05, 4.69) is 10.6 Å². The van der Waals surface area contributed by atoms with Crippen LogP contribution in [0.5, 0.6) is 0 Å². The van der Waals surface area contributed by atoms with Gasteiger partial charge in [-0.3, -0.25) is 19.2 Å². The number of likely N-dealkylation sites (tertiary alicyclic amines) is 1. The fourth-order valence-electron chi connectivity index (χ4n) is 4.72. The Kier molecular flexibility index (Phi) is 7.33. The fourth-order valence-corrected chi connectivity index (χ4v) is 4.72. The summed E-state index contributed by atoms with van der Waals surface area (Å²) in [6, 6.07) is 8.42. The molecular formula is C24H31N3O5. The van der Waals surface area contributed by atoms with E-state index >= 15 is 0 Å². The highest BCUT2D eigenvalue weighted by Crippen LogP contribution is 2.49. The molecule has 1 heterocycles. The average Bonchev–Trinajstić information content (AvgIpc) is 2.78. The van der Waals surface area contributed by atoms with Gasteiger partial charge in [0.1, 0.15) is 12.6 Å². The number of carbonyl (C=O) groups excluding carboxylic acids is 4. The number of benzene rings is 1. The van der Waals surface area contributed by atoms with Crippen molar-refractivity contribution in [3.8, 4) is 0 Å². The smallest absolute Gasteiger partial charge is 0.325 e. The van der Waals surface area contributed by atoms with Crippen molar-refractivity contribution in [2.24, 2.45) is 5.41 Å². The van der Waals surface area contributed by atoms with Crippen LogP contribution in [0.1, 0.15) is 58.1 Å². The third-order valence-corrected chi connectivity index (χ3v) is 6.16. The average molecular weight is 442 g/mol. The molecule has 2 N–H and O–H groups in total. The Balaban J connectivity index is 2.00. The first-order valence-electron chi connectivity index (χ1n) is 11.1. The van der Waals surface area contributed by atoms with E-state index in [1.165, 1.54) is 6.92 Å². The van der Waals surface area contributed by atoms with Gasteiger partial charge in [0.15, 0.2) is 0 Å². The van der Waals surface area contributed by atoms with Crippen molar-refractivity contribution < 1.29 is 23.9 Å². The van der Waals surface area contributed by atoms with Gasteiger partial charge in [0.05, 0.1) is 18.1 Å². The summed E-state index contributed by atoms with van der Waals surface area (Å²) in [6.45, 7) is 4.97. The fraction of sp³-hybridized carbons (Fsp3) is 0.500. The Hall–Kier alpha value is -3.16. The van der Waals surface area contributed by atoms with Crippen molar-refractivity contribution in [3.05, 3.63) is 47.7 Å². The molecule has 1 saturated heterocycles. The quantitative estimate of drug-likeness (QED) is 0.632. The highest BCUT2D eigenvalue weighted by molar-refractivity contribution is 5.96. The van der Waals surface area contributed by atoms with Crippen molar-refractivity contribution in [1.29, 1.82) is 0 Å². The van der Waals surface area contributed by atoms with E-state index in [4.69, 9.17) is 4.74 Å². The molecule has 32 heavy (non-hydrogen) atoms. The van der Waals surface area contributed by atoms with Crippen LogP contribution in [0.15, 0.2) is 42.1 Å². The number of rotatable bonds is 7. The Morgan fingerprint density at radius 1 is 1.25 bits per heavy atom. The summed E-state index contributed by atoms with van der Waals surface area (Å²) in [7, 11) is 0. The number of piperidine rings is 1. The third-order valence-electron chi connectivity index (χ3n) is 6.16. The first kappa shape index (κ1) is 23.5. The molecule has 1 fully saturated rings. The van der Waals surface area contributed by atoms with Gasteiger partial charge in [-0.05, 0) is 45.1 Å². The molecule has 0 saturated carbocycles. The lowest BCUT2D eigenvalue weighted by Gasteiger charge is -2.50. The van der Waals surface area contributed by atoms with Gasteiger partial charge in [0, 0.05) is 12.6 Å². The number of nitrogens with zero attached hydrogens (tertiary/aromatic N) is 1. The lowest BCUT2D eigenvalue weighted by molar-refractivity contribution is -0.149. The molecule has 1 unspecified atom stereocenters. The van der Waals surface area contributed by atoms with Gasteiger partial charge in [-0.15, -0.1) is 0 Å². The van der Waals surface area contributed by atoms with Gasteiger partial charge in [-0.2, -0.15) is 0 Å². The lowest BCUT2D eigenvalue weighted by atomic mass is 9.67. The zero-order chi connectivity index (χ0) is 23.3. The third kappa shape index (κ3) is 4.69. The minimum atomic E-state index is -1.02. The first-order valence-corrected chi connectivity index (χ1v) is 11.1. The largest absolute Gasteiger partial charge is 0.465 e. The maximum atomic E-state index is 13.5. The normalized spacial score (nSPS) is 23.5. The van der Waals surface area contributed by atoms with Crippen LogP contribution >= 0.6 is 0 Å². The van der Waals surface area contributed by atoms with E-state index in [1.54, 1.807) is 11.8 Å². The number of nitrogens with one attached hydrogen (secondary N) is 2. The topological polar surface area (TPSA) is 105 Å². The van der Waals surface area contributed by atoms with Crippen LogP contribution in [-0.2, 0) is 23.9 Å². The molecular weight excluding hydrogens is 410 g/mol. The predicted octanol–water partition coefficient (Wildman–Crippen LogP) is 2.22. The van der Waals surface area contributed by atoms with E-state index < -0.39 is 17.4 Å². The Morgan fingerprint density at radius 2 is 1.97 bits per heavy atom. The summed E-state index contributed by atoms with van der Waals surface area (Å²) in [5.74, 6) is -1.41. The predicted molar refractivity (Wildman–Crippen MR) is 118 cm³/mol.